The van der Waals surface area contributed by atoms with E-state index >= 15 is 0 Å². The first-order valence-corrected chi connectivity index (χ1v) is 8.16. The van der Waals surface area contributed by atoms with E-state index in [2.05, 4.69) is 53.6 Å². The average molecular weight is 286 g/mol. The van der Waals surface area contributed by atoms with E-state index < -0.39 is 0 Å². The summed E-state index contributed by atoms with van der Waals surface area (Å²) in [6.45, 7) is 6.30. The molecule has 3 heteroatoms. The second-order valence-electron chi connectivity index (χ2n) is 5.73. The molecule has 0 unspecified atom stereocenters. The summed E-state index contributed by atoms with van der Waals surface area (Å²) in [6.07, 6.45) is 0. The number of nitrogens with two attached hydrogens (primary N) is 1. The summed E-state index contributed by atoms with van der Waals surface area (Å²) in [6, 6.07) is 13.1. The van der Waals surface area contributed by atoms with Gasteiger partial charge in [-0.25, -0.2) is 0 Å². The van der Waals surface area contributed by atoms with Crippen LogP contribution < -0.4 is 5.73 Å². The number of rotatable bonds is 4. The van der Waals surface area contributed by atoms with Crippen LogP contribution in [0.2, 0.25) is 0 Å². The minimum absolute atomic E-state index is 0.581. The first-order valence-electron chi connectivity index (χ1n) is 7.28. The summed E-state index contributed by atoms with van der Waals surface area (Å²) in [4.78, 5) is 4.06. The maximum Gasteiger partial charge on any atom is 0.0330 e. The van der Waals surface area contributed by atoms with Crippen molar-refractivity contribution in [2.24, 2.45) is 11.7 Å². The fraction of sp³-hybridized carbons (Fsp3) is 0.412. The Hall–Kier alpha value is -1.16. The van der Waals surface area contributed by atoms with Gasteiger partial charge in [0, 0.05) is 30.4 Å². The third-order valence-electron chi connectivity index (χ3n) is 4.38. The summed E-state index contributed by atoms with van der Waals surface area (Å²) >= 11 is 1.87. The lowest BCUT2D eigenvalue weighted by atomic mass is 9.89. The molecule has 1 aromatic heterocycles. The Morgan fingerprint density at radius 2 is 2.00 bits per heavy atom. The molecule has 0 bridgehead atoms. The van der Waals surface area contributed by atoms with E-state index in [-0.39, 0.29) is 0 Å². The van der Waals surface area contributed by atoms with Gasteiger partial charge in [-0.1, -0.05) is 30.3 Å². The molecule has 1 aliphatic heterocycles. The van der Waals surface area contributed by atoms with Gasteiger partial charge in [-0.05, 0) is 42.0 Å². The van der Waals surface area contributed by atoms with Gasteiger partial charge >= 0.3 is 0 Å². The molecular formula is C17H22N2S. The van der Waals surface area contributed by atoms with Gasteiger partial charge < -0.3 is 5.73 Å². The standard InChI is InChI=1S/C17H22N2S/c1-13-7-8-20-17(13)12-19-10-15(9-18)16(11-19)14-5-3-2-4-6-14/h2-8,15-16H,9-12,18H2,1H3/t15-,16+/m1/s1. The Balaban J connectivity index is 1.73. The van der Waals surface area contributed by atoms with Gasteiger partial charge in [-0.2, -0.15) is 0 Å². The van der Waals surface area contributed by atoms with Crippen molar-refractivity contribution in [3.63, 3.8) is 0 Å². The quantitative estimate of drug-likeness (QED) is 0.935. The number of aryl methyl sites for hydroxylation is 1. The average Bonchev–Trinajstić information content (AvgIpc) is 3.07. The van der Waals surface area contributed by atoms with Crippen molar-refractivity contribution in [2.45, 2.75) is 19.4 Å². The van der Waals surface area contributed by atoms with E-state index in [1.807, 2.05) is 11.3 Å². The van der Waals surface area contributed by atoms with Gasteiger partial charge in [-0.15, -0.1) is 11.3 Å². The molecule has 2 N–H and O–H groups in total. The van der Waals surface area contributed by atoms with Crippen LogP contribution in [0.5, 0.6) is 0 Å². The van der Waals surface area contributed by atoms with Crippen molar-refractivity contribution in [1.29, 1.82) is 0 Å². The molecule has 1 aliphatic rings. The molecule has 1 saturated heterocycles. The molecule has 0 radical (unpaired) electrons. The highest BCUT2D eigenvalue weighted by molar-refractivity contribution is 7.10. The van der Waals surface area contributed by atoms with Gasteiger partial charge in [0.2, 0.25) is 0 Å². The number of hydrogen-bond acceptors (Lipinski definition) is 3. The Morgan fingerprint density at radius 1 is 1.20 bits per heavy atom. The van der Waals surface area contributed by atoms with Crippen molar-refractivity contribution in [2.75, 3.05) is 19.6 Å². The lowest BCUT2D eigenvalue weighted by Gasteiger charge is -2.16. The zero-order chi connectivity index (χ0) is 13.9. The highest BCUT2D eigenvalue weighted by atomic mass is 32.1. The van der Waals surface area contributed by atoms with E-state index in [1.165, 1.54) is 16.0 Å². The highest BCUT2D eigenvalue weighted by Gasteiger charge is 2.32. The zero-order valence-corrected chi connectivity index (χ0v) is 12.8. The van der Waals surface area contributed by atoms with Gasteiger partial charge in [0.05, 0.1) is 0 Å². The molecule has 2 nitrogen and oxygen atoms in total. The van der Waals surface area contributed by atoms with E-state index in [0.717, 1.165) is 26.2 Å². The monoisotopic (exact) mass is 286 g/mol. The minimum atomic E-state index is 0.581. The second kappa shape index (κ2) is 6.08. The van der Waals surface area contributed by atoms with E-state index in [4.69, 9.17) is 5.73 Å². The molecule has 1 aromatic carbocycles. The maximum absolute atomic E-state index is 6.00. The van der Waals surface area contributed by atoms with Gasteiger partial charge in [0.1, 0.15) is 0 Å². The third kappa shape index (κ3) is 2.80. The van der Waals surface area contributed by atoms with Crippen LogP contribution in [0.25, 0.3) is 0 Å². The predicted octanol–water partition coefficient (Wildman–Crippen LogP) is 3.23. The fourth-order valence-electron chi connectivity index (χ4n) is 3.18. The Morgan fingerprint density at radius 3 is 2.65 bits per heavy atom. The molecule has 3 rings (SSSR count). The van der Waals surface area contributed by atoms with Crippen LogP contribution in [0.4, 0.5) is 0 Å². The summed E-state index contributed by atoms with van der Waals surface area (Å²) in [5, 5.41) is 2.19. The van der Waals surface area contributed by atoms with Gasteiger partial charge in [0.25, 0.3) is 0 Å². The Bertz CT molecular complexity index is 549. The number of hydrogen-bond donors (Lipinski definition) is 1. The van der Waals surface area contributed by atoms with Gasteiger partial charge in [-0.3, -0.25) is 4.90 Å². The first-order chi connectivity index (χ1) is 9.78. The molecular weight excluding hydrogens is 264 g/mol. The second-order valence-corrected chi connectivity index (χ2v) is 6.73. The number of thiophene rings is 1. The SMILES string of the molecule is Cc1ccsc1CN1C[C@@H](CN)[C@H](c2ccccc2)C1. The number of nitrogens with zero attached hydrogens (tertiary/aromatic N) is 1. The van der Waals surface area contributed by atoms with E-state index in [0.29, 0.717) is 11.8 Å². The lowest BCUT2D eigenvalue weighted by Crippen LogP contribution is -2.23. The largest absolute Gasteiger partial charge is 0.330 e. The first kappa shape index (κ1) is 13.8. The normalized spacial score (nSPS) is 23.3. The zero-order valence-electron chi connectivity index (χ0n) is 12.0. The number of benzene rings is 1. The molecule has 0 amide bonds. The summed E-state index contributed by atoms with van der Waals surface area (Å²) in [5.74, 6) is 1.17. The van der Waals surface area contributed by atoms with Crippen LogP contribution in [-0.2, 0) is 6.54 Å². The Labute approximate surface area is 125 Å². The van der Waals surface area contributed by atoms with Crippen LogP contribution >= 0.6 is 11.3 Å². The summed E-state index contributed by atoms with van der Waals surface area (Å²) < 4.78 is 0. The molecule has 106 valence electrons. The molecule has 20 heavy (non-hydrogen) atoms. The van der Waals surface area contributed by atoms with Crippen molar-refractivity contribution >= 4 is 11.3 Å². The molecule has 2 atom stereocenters. The van der Waals surface area contributed by atoms with E-state index in [1.54, 1.807) is 0 Å². The van der Waals surface area contributed by atoms with Crippen LogP contribution in [0.3, 0.4) is 0 Å². The molecule has 1 fully saturated rings. The van der Waals surface area contributed by atoms with Crippen molar-refractivity contribution in [1.82, 2.24) is 4.90 Å². The topological polar surface area (TPSA) is 29.3 Å². The van der Waals surface area contributed by atoms with Gasteiger partial charge in [0.15, 0.2) is 0 Å². The van der Waals surface area contributed by atoms with Crippen LogP contribution in [0.15, 0.2) is 41.8 Å². The van der Waals surface area contributed by atoms with Crippen LogP contribution in [0, 0.1) is 12.8 Å². The van der Waals surface area contributed by atoms with Crippen molar-refractivity contribution < 1.29 is 0 Å². The van der Waals surface area contributed by atoms with Crippen molar-refractivity contribution in [3.8, 4) is 0 Å². The van der Waals surface area contributed by atoms with Crippen LogP contribution in [0.1, 0.15) is 21.9 Å². The van der Waals surface area contributed by atoms with Crippen LogP contribution in [-0.4, -0.2) is 24.5 Å². The maximum atomic E-state index is 6.00. The fourth-order valence-corrected chi connectivity index (χ4v) is 4.12. The molecule has 0 spiro atoms. The lowest BCUT2D eigenvalue weighted by molar-refractivity contribution is 0.319. The highest BCUT2D eigenvalue weighted by Crippen LogP contribution is 2.33. The Kier molecular flexibility index (Phi) is 4.20. The molecule has 0 saturated carbocycles. The minimum Gasteiger partial charge on any atom is -0.330 e. The molecule has 2 aromatic rings. The summed E-state index contributed by atoms with van der Waals surface area (Å²) in [5.41, 5.74) is 8.86. The molecule has 2 heterocycles. The predicted molar refractivity (Wildman–Crippen MR) is 86.1 cm³/mol. The van der Waals surface area contributed by atoms with E-state index in [9.17, 15) is 0 Å². The summed E-state index contributed by atoms with van der Waals surface area (Å²) in [7, 11) is 0. The third-order valence-corrected chi connectivity index (χ3v) is 5.39. The number of likely N-dealkylation sites (tertiary alicyclic amines) is 1. The van der Waals surface area contributed by atoms with Crippen molar-refractivity contribution in [3.05, 3.63) is 57.8 Å². The smallest absolute Gasteiger partial charge is 0.0330 e. The molecule has 0 aliphatic carbocycles.